The van der Waals surface area contributed by atoms with Crippen molar-refractivity contribution in [3.8, 4) is 11.5 Å². The summed E-state index contributed by atoms with van der Waals surface area (Å²) in [7, 11) is 1.73. The van der Waals surface area contributed by atoms with Crippen LogP contribution in [0.2, 0.25) is 0 Å². The fourth-order valence-corrected chi connectivity index (χ4v) is 3.15. The van der Waals surface area contributed by atoms with Crippen LogP contribution in [-0.4, -0.2) is 20.3 Å². The number of ether oxygens (including phenoxy) is 2. The quantitative estimate of drug-likeness (QED) is 0.934. The largest absolute Gasteiger partial charge is 0.496 e. The molecule has 1 heterocycles. The van der Waals surface area contributed by atoms with E-state index in [1.165, 1.54) is 22.3 Å². The first-order chi connectivity index (χ1) is 10.7. The number of rotatable bonds is 4. The third-order valence-electron chi connectivity index (χ3n) is 4.18. The first-order valence-corrected chi connectivity index (χ1v) is 7.86. The Balaban J connectivity index is 2.03. The molecule has 1 aliphatic rings. The van der Waals surface area contributed by atoms with Gasteiger partial charge >= 0.3 is 0 Å². The summed E-state index contributed by atoms with van der Waals surface area (Å²) < 4.78 is 11.2. The van der Waals surface area contributed by atoms with Crippen molar-refractivity contribution >= 4 is 0 Å². The highest BCUT2D eigenvalue weighted by molar-refractivity contribution is 5.48. The Hall–Kier alpha value is -2.00. The molecular weight excluding hydrogens is 274 g/mol. The van der Waals surface area contributed by atoms with Gasteiger partial charge in [-0.3, -0.25) is 0 Å². The van der Waals surface area contributed by atoms with E-state index in [-0.39, 0.29) is 6.04 Å². The predicted molar refractivity (Wildman–Crippen MR) is 88.9 cm³/mol. The summed E-state index contributed by atoms with van der Waals surface area (Å²) in [6.07, 6.45) is 1.03. The van der Waals surface area contributed by atoms with Crippen molar-refractivity contribution in [3.63, 3.8) is 0 Å². The van der Waals surface area contributed by atoms with E-state index in [9.17, 15) is 0 Å². The van der Waals surface area contributed by atoms with Crippen molar-refractivity contribution in [2.45, 2.75) is 26.3 Å². The van der Waals surface area contributed by atoms with Crippen LogP contribution in [0.4, 0.5) is 0 Å². The summed E-state index contributed by atoms with van der Waals surface area (Å²) in [4.78, 5) is 0. The summed E-state index contributed by atoms with van der Waals surface area (Å²) >= 11 is 0. The SMILES string of the molecule is CCOc1ccc2c(c1)CCNC2c1cc(C)ccc1OC. The molecule has 116 valence electrons. The van der Waals surface area contributed by atoms with Gasteiger partial charge in [0.2, 0.25) is 0 Å². The van der Waals surface area contributed by atoms with E-state index >= 15 is 0 Å². The van der Waals surface area contributed by atoms with Gasteiger partial charge in [0, 0.05) is 12.1 Å². The van der Waals surface area contributed by atoms with Crippen molar-refractivity contribution in [2.75, 3.05) is 20.3 Å². The van der Waals surface area contributed by atoms with Crippen LogP contribution < -0.4 is 14.8 Å². The third-order valence-corrected chi connectivity index (χ3v) is 4.18. The van der Waals surface area contributed by atoms with Crippen molar-refractivity contribution in [1.82, 2.24) is 5.32 Å². The Kier molecular flexibility index (Phi) is 4.34. The highest BCUT2D eigenvalue weighted by Gasteiger charge is 2.24. The maximum atomic E-state index is 5.63. The van der Waals surface area contributed by atoms with Gasteiger partial charge in [-0.15, -0.1) is 0 Å². The van der Waals surface area contributed by atoms with Gasteiger partial charge in [0.15, 0.2) is 0 Å². The normalized spacial score (nSPS) is 17.0. The lowest BCUT2D eigenvalue weighted by Gasteiger charge is -2.29. The van der Waals surface area contributed by atoms with E-state index in [0.717, 1.165) is 24.5 Å². The number of methoxy groups -OCH3 is 1. The van der Waals surface area contributed by atoms with Gasteiger partial charge in [0.1, 0.15) is 11.5 Å². The van der Waals surface area contributed by atoms with Gasteiger partial charge < -0.3 is 14.8 Å². The van der Waals surface area contributed by atoms with Crippen molar-refractivity contribution in [3.05, 3.63) is 58.7 Å². The Bertz CT molecular complexity index is 666. The number of fused-ring (bicyclic) bond motifs is 1. The maximum absolute atomic E-state index is 5.63. The van der Waals surface area contributed by atoms with Crippen LogP contribution in [0.5, 0.6) is 11.5 Å². The Morgan fingerprint density at radius 2 is 2.00 bits per heavy atom. The van der Waals surface area contributed by atoms with Crippen LogP contribution in [0, 0.1) is 6.92 Å². The van der Waals surface area contributed by atoms with Crippen LogP contribution in [0.3, 0.4) is 0 Å². The molecule has 2 aromatic rings. The molecule has 1 aliphatic heterocycles. The summed E-state index contributed by atoms with van der Waals surface area (Å²) in [5, 5.41) is 3.62. The van der Waals surface area contributed by atoms with Gasteiger partial charge in [0.05, 0.1) is 19.8 Å². The van der Waals surface area contributed by atoms with E-state index in [4.69, 9.17) is 9.47 Å². The first-order valence-electron chi connectivity index (χ1n) is 7.86. The molecule has 1 atom stereocenters. The average Bonchev–Trinajstić information content (AvgIpc) is 2.54. The van der Waals surface area contributed by atoms with Gasteiger partial charge in [0.25, 0.3) is 0 Å². The molecule has 0 spiro atoms. The van der Waals surface area contributed by atoms with E-state index < -0.39 is 0 Å². The summed E-state index contributed by atoms with van der Waals surface area (Å²) in [6.45, 7) is 5.79. The van der Waals surface area contributed by atoms with Crippen LogP contribution in [0.15, 0.2) is 36.4 Å². The molecule has 0 saturated heterocycles. The Morgan fingerprint density at radius 1 is 1.14 bits per heavy atom. The molecule has 0 bridgehead atoms. The third kappa shape index (κ3) is 2.81. The van der Waals surface area contributed by atoms with Crippen molar-refractivity contribution in [1.29, 1.82) is 0 Å². The Morgan fingerprint density at radius 3 is 2.77 bits per heavy atom. The zero-order chi connectivity index (χ0) is 15.5. The monoisotopic (exact) mass is 297 g/mol. The lowest BCUT2D eigenvalue weighted by atomic mass is 9.88. The second kappa shape index (κ2) is 6.41. The zero-order valence-corrected chi connectivity index (χ0v) is 13.5. The highest BCUT2D eigenvalue weighted by Crippen LogP contribution is 2.35. The van der Waals surface area contributed by atoms with Crippen LogP contribution in [-0.2, 0) is 6.42 Å². The predicted octanol–water partition coefficient (Wildman–Crippen LogP) is 3.64. The molecule has 3 heteroatoms. The molecule has 0 radical (unpaired) electrons. The van der Waals surface area contributed by atoms with Gasteiger partial charge in [-0.25, -0.2) is 0 Å². The van der Waals surface area contributed by atoms with E-state index in [2.05, 4.69) is 48.6 Å². The topological polar surface area (TPSA) is 30.5 Å². The molecular formula is C19H23NO2. The number of hydrogen-bond donors (Lipinski definition) is 1. The van der Waals surface area contributed by atoms with Crippen LogP contribution in [0.25, 0.3) is 0 Å². The molecule has 3 rings (SSSR count). The lowest BCUT2D eigenvalue weighted by molar-refractivity contribution is 0.339. The minimum absolute atomic E-state index is 0.175. The molecule has 0 aliphatic carbocycles. The summed E-state index contributed by atoms with van der Waals surface area (Å²) in [5.74, 6) is 1.89. The zero-order valence-electron chi connectivity index (χ0n) is 13.5. The summed E-state index contributed by atoms with van der Waals surface area (Å²) in [5.41, 5.74) is 5.13. The molecule has 0 aromatic heterocycles. The average molecular weight is 297 g/mol. The van der Waals surface area contributed by atoms with E-state index in [1.54, 1.807) is 7.11 Å². The fourth-order valence-electron chi connectivity index (χ4n) is 3.15. The molecule has 3 nitrogen and oxygen atoms in total. The lowest BCUT2D eigenvalue weighted by Crippen LogP contribution is -2.30. The molecule has 0 fully saturated rings. The molecule has 0 saturated carbocycles. The number of nitrogens with one attached hydrogen (secondary N) is 1. The highest BCUT2D eigenvalue weighted by atomic mass is 16.5. The number of benzene rings is 2. The minimum atomic E-state index is 0.175. The molecule has 1 N–H and O–H groups in total. The standard InChI is InChI=1S/C19H23NO2/c1-4-22-15-6-7-16-14(12-15)9-10-20-19(16)17-11-13(2)5-8-18(17)21-3/h5-8,11-12,19-20H,4,9-10H2,1-3H3. The number of aryl methyl sites for hydroxylation is 1. The number of hydrogen-bond acceptors (Lipinski definition) is 3. The van der Waals surface area contributed by atoms with Gasteiger partial charge in [-0.1, -0.05) is 23.8 Å². The fraction of sp³-hybridized carbons (Fsp3) is 0.368. The van der Waals surface area contributed by atoms with Crippen molar-refractivity contribution in [2.24, 2.45) is 0 Å². The van der Waals surface area contributed by atoms with Crippen molar-refractivity contribution < 1.29 is 9.47 Å². The second-order valence-electron chi connectivity index (χ2n) is 5.68. The molecule has 22 heavy (non-hydrogen) atoms. The van der Waals surface area contributed by atoms with Gasteiger partial charge in [-0.05, 0) is 49.6 Å². The second-order valence-corrected chi connectivity index (χ2v) is 5.68. The van der Waals surface area contributed by atoms with Crippen LogP contribution in [0.1, 0.15) is 35.2 Å². The maximum Gasteiger partial charge on any atom is 0.123 e. The van der Waals surface area contributed by atoms with E-state index in [1.807, 2.05) is 6.92 Å². The Labute approximate surface area is 132 Å². The summed E-state index contributed by atoms with van der Waals surface area (Å²) in [6, 6.07) is 12.9. The molecule has 2 aromatic carbocycles. The smallest absolute Gasteiger partial charge is 0.123 e. The minimum Gasteiger partial charge on any atom is -0.496 e. The molecule has 0 amide bonds. The molecule has 1 unspecified atom stereocenters. The van der Waals surface area contributed by atoms with Gasteiger partial charge in [-0.2, -0.15) is 0 Å². The van der Waals surface area contributed by atoms with Crippen LogP contribution >= 0.6 is 0 Å². The van der Waals surface area contributed by atoms with E-state index in [0.29, 0.717) is 6.61 Å². The first kappa shape index (κ1) is 14.9.